The van der Waals surface area contributed by atoms with E-state index in [1.54, 1.807) is 0 Å². The third kappa shape index (κ3) is 3.51. The largest absolute Gasteiger partial charge is 0.312 e. The summed E-state index contributed by atoms with van der Waals surface area (Å²) in [6, 6.07) is 6.16. The highest BCUT2D eigenvalue weighted by atomic mass is 32.1. The number of fused-ring (bicyclic) bond motifs is 1. The van der Waals surface area contributed by atoms with Crippen LogP contribution in [0.2, 0.25) is 0 Å². The molecular formula is C20H25N3O2S. The van der Waals surface area contributed by atoms with Crippen LogP contribution in [0.5, 0.6) is 0 Å². The van der Waals surface area contributed by atoms with Gasteiger partial charge in [0.15, 0.2) is 5.13 Å². The minimum absolute atomic E-state index is 0.00598. The van der Waals surface area contributed by atoms with Gasteiger partial charge in [-0.15, -0.1) is 11.3 Å². The van der Waals surface area contributed by atoms with Crippen molar-refractivity contribution in [3.05, 3.63) is 28.6 Å². The molecule has 0 radical (unpaired) electrons. The van der Waals surface area contributed by atoms with Crippen LogP contribution in [0.15, 0.2) is 18.2 Å². The Balaban J connectivity index is 1.87. The third-order valence-corrected chi connectivity index (χ3v) is 5.45. The van der Waals surface area contributed by atoms with Gasteiger partial charge in [0.05, 0.1) is 5.69 Å². The van der Waals surface area contributed by atoms with Crippen LogP contribution >= 0.6 is 11.3 Å². The molecule has 0 aliphatic carbocycles. The average molecular weight is 372 g/mol. The van der Waals surface area contributed by atoms with E-state index >= 15 is 0 Å². The topological polar surface area (TPSA) is 62.3 Å². The van der Waals surface area contributed by atoms with Crippen LogP contribution in [0.4, 0.5) is 10.8 Å². The zero-order valence-electron chi connectivity index (χ0n) is 15.9. The van der Waals surface area contributed by atoms with E-state index < -0.39 is 0 Å². The van der Waals surface area contributed by atoms with E-state index in [0.29, 0.717) is 5.13 Å². The zero-order chi connectivity index (χ0) is 19.0. The number of hydrogen-bond acceptors (Lipinski definition) is 4. The molecule has 1 aromatic heterocycles. The summed E-state index contributed by atoms with van der Waals surface area (Å²) in [4.78, 5) is 31.8. The Morgan fingerprint density at radius 2 is 1.92 bits per heavy atom. The molecular weight excluding hydrogens is 346 g/mol. The minimum Gasteiger partial charge on any atom is -0.312 e. The summed E-state index contributed by atoms with van der Waals surface area (Å²) in [5.74, 6) is 0.0581. The highest BCUT2D eigenvalue weighted by Crippen LogP contribution is 2.36. The molecule has 5 nitrogen and oxygen atoms in total. The van der Waals surface area contributed by atoms with E-state index in [2.05, 4.69) is 16.4 Å². The molecule has 1 aliphatic rings. The van der Waals surface area contributed by atoms with E-state index in [9.17, 15) is 9.59 Å². The van der Waals surface area contributed by atoms with E-state index in [4.69, 9.17) is 0 Å². The fourth-order valence-corrected chi connectivity index (χ4v) is 3.90. The van der Waals surface area contributed by atoms with Gasteiger partial charge in [-0.05, 0) is 31.0 Å². The van der Waals surface area contributed by atoms with Crippen molar-refractivity contribution in [1.82, 2.24) is 4.98 Å². The first-order valence-electron chi connectivity index (χ1n) is 9.01. The predicted molar refractivity (Wildman–Crippen MR) is 107 cm³/mol. The zero-order valence-corrected chi connectivity index (χ0v) is 16.7. The summed E-state index contributed by atoms with van der Waals surface area (Å²) in [6.45, 7) is 10.3. The van der Waals surface area contributed by atoms with Crippen molar-refractivity contribution < 1.29 is 9.59 Å². The van der Waals surface area contributed by atoms with Gasteiger partial charge in [0.25, 0.3) is 0 Å². The summed E-state index contributed by atoms with van der Waals surface area (Å²) in [5.41, 5.74) is 4.11. The van der Waals surface area contributed by atoms with Gasteiger partial charge < -0.3 is 10.2 Å². The third-order valence-electron chi connectivity index (χ3n) is 4.56. The Morgan fingerprint density at radius 3 is 2.58 bits per heavy atom. The number of carbonyl (C=O) groups excluding carboxylic acids is 2. The van der Waals surface area contributed by atoms with Crippen molar-refractivity contribution >= 4 is 34.0 Å². The first-order valence-corrected chi connectivity index (χ1v) is 9.82. The first kappa shape index (κ1) is 18.6. The van der Waals surface area contributed by atoms with E-state index in [1.165, 1.54) is 16.9 Å². The van der Waals surface area contributed by atoms with Gasteiger partial charge in [0.2, 0.25) is 11.8 Å². The van der Waals surface area contributed by atoms with Crippen molar-refractivity contribution in [3.63, 3.8) is 0 Å². The van der Waals surface area contributed by atoms with Crippen molar-refractivity contribution in [1.29, 1.82) is 0 Å². The van der Waals surface area contributed by atoms with Gasteiger partial charge in [-0.2, -0.15) is 0 Å². The Hall–Kier alpha value is -2.21. The van der Waals surface area contributed by atoms with Gasteiger partial charge >= 0.3 is 0 Å². The second kappa shape index (κ2) is 7.19. The smallest absolute Gasteiger partial charge is 0.229 e. The fourth-order valence-electron chi connectivity index (χ4n) is 3.06. The van der Waals surface area contributed by atoms with Gasteiger partial charge in [-0.1, -0.05) is 33.8 Å². The number of anilines is 2. The molecule has 0 atom stereocenters. The number of thiazole rings is 1. The number of benzene rings is 1. The summed E-state index contributed by atoms with van der Waals surface area (Å²) in [7, 11) is 0. The number of rotatable bonds is 4. The molecule has 6 heteroatoms. The van der Waals surface area contributed by atoms with Crippen LogP contribution in [0.25, 0.3) is 11.3 Å². The summed E-state index contributed by atoms with van der Waals surface area (Å²) >= 11 is 1.49. The quantitative estimate of drug-likeness (QED) is 0.873. The standard InChI is InChI=1S/C20H25N3O2S/c1-11(2)18(24)22-20-21-17(13(5)26-20)15-6-7-16-14(10-15)8-9-23(16)19(25)12(3)4/h6-7,10-12H,8-9H2,1-5H3,(H,21,22,24). The molecule has 0 saturated carbocycles. The lowest BCUT2D eigenvalue weighted by atomic mass is 10.1. The molecule has 2 amide bonds. The average Bonchev–Trinajstić information content (AvgIpc) is 3.16. The molecule has 2 heterocycles. The van der Waals surface area contributed by atoms with Crippen molar-refractivity contribution in [2.75, 3.05) is 16.8 Å². The van der Waals surface area contributed by atoms with Crippen LogP contribution in [-0.4, -0.2) is 23.3 Å². The number of amides is 2. The lowest BCUT2D eigenvalue weighted by molar-refractivity contribution is -0.121. The van der Waals surface area contributed by atoms with Crippen molar-refractivity contribution in [2.24, 2.45) is 11.8 Å². The fraction of sp³-hybridized carbons (Fsp3) is 0.450. The van der Waals surface area contributed by atoms with E-state index in [1.807, 2.05) is 51.7 Å². The normalized spacial score (nSPS) is 13.4. The van der Waals surface area contributed by atoms with E-state index in [0.717, 1.165) is 34.8 Å². The van der Waals surface area contributed by atoms with Crippen LogP contribution in [-0.2, 0) is 16.0 Å². The Bertz CT molecular complexity index is 855. The molecule has 1 aliphatic heterocycles. The molecule has 2 aromatic rings. The number of aryl methyl sites for hydroxylation is 1. The number of hydrogen-bond donors (Lipinski definition) is 1. The van der Waals surface area contributed by atoms with E-state index in [-0.39, 0.29) is 23.7 Å². The monoisotopic (exact) mass is 371 g/mol. The number of nitrogens with one attached hydrogen (secondary N) is 1. The molecule has 0 unspecified atom stereocenters. The molecule has 0 bridgehead atoms. The summed E-state index contributed by atoms with van der Waals surface area (Å²) in [6.07, 6.45) is 0.863. The Morgan fingerprint density at radius 1 is 1.19 bits per heavy atom. The Labute approximate surface area is 158 Å². The first-order chi connectivity index (χ1) is 12.3. The van der Waals surface area contributed by atoms with Crippen LogP contribution in [0.1, 0.15) is 38.1 Å². The molecule has 3 rings (SSSR count). The van der Waals surface area contributed by atoms with Crippen LogP contribution < -0.4 is 10.2 Å². The molecule has 26 heavy (non-hydrogen) atoms. The van der Waals surface area contributed by atoms with Gasteiger partial charge in [-0.3, -0.25) is 9.59 Å². The molecule has 0 saturated heterocycles. The lowest BCUT2D eigenvalue weighted by Crippen LogP contribution is -2.32. The maximum absolute atomic E-state index is 12.4. The number of aromatic nitrogens is 1. The maximum atomic E-state index is 12.4. The lowest BCUT2D eigenvalue weighted by Gasteiger charge is -2.19. The maximum Gasteiger partial charge on any atom is 0.229 e. The second-order valence-electron chi connectivity index (χ2n) is 7.31. The van der Waals surface area contributed by atoms with Crippen LogP contribution in [0.3, 0.4) is 0 Å². The molecule has 138 valence electrons. The summed E-state index contributed by atoms with van der Waals surface area (Å²) in [5, 5.41) is 3.51. The molecule has 0 fully saturated rings. The number of nitrogens with zero attached hydrogens (tertiary/aromatic N) is 2. The highest BCUT2D eigenvalue weighted by Gasteiger charge is 2.27. The van der Waals surface area contributed by atoms with Crippen molar-refractivity contribution in [2.45, 2.75) is 41.0 Å². The summed E-state index contributed by atoms with van der Waals surface area (Å²) < 4.78 is 0. The SMILES string of the molecule is Cc1sc(NC(=O)C(C)C)nc1-c1ccc2c(c1)CCN2C(=O)C(C)C. The van der Waals surface area contributed by atoms with Crippen molar-refractivity contribution in [3.8, 4) is 11.3 Å². The highest BCUT2D eigenvalue weighted by molar-refractivity contribution is 7.16. The Kier molecular flexibility index (Phi) is 5.14. The minimum atomic E-state index is -0.0767. The van der Waals surface area contributed by atoms with Gasteiger partial charge in [0.1, 0.15) is 0 Å². The number of carbonyl (C=O) groups is 2. The van der Waals surface area contributed by atoms with Crippen LogP contribution in [0, 0.1) is 18.8 Å². The molecule has 0 spiro atoms. The second-order valence-corrected chi connectivity index (χ2v) is 8.51. The predicted octanol–water partition coefficient (Wildman–Crippen LogP) is 4.26. The molecule has 1 N–H and O–H groups in total. The van der Waals surface area contributed by atoms with Gasteiger partial charge in [-0.25, -0.2) is 4.98 Å². The van der Waals surface area contributed by atoms with Gasteiger partial charge in [0, 0.05) is 34.5 Å². The molecule has 1 aromatic carbocycles.